The fourth-order valence-electron chi connectivity index (χ4n) is 1.94. The fourth-order valence-corrected chi connectivity index (χ4v) is 3.81. The van der Waals surface area contributed by atoms with Gasteiger partial charge >= 0.3 is 5.69 Å². The number of carbonyl (C=O) groups is 1. The van der Waals surface area contributed by atoms with Crippen LogP contribution in [0, 0.1) is 6.92 Å². The minimum absolute atomic E-state index is 0.0243. The molecular formula is C14H20N4O2S2. The third-order valence-electron chi connectivity index (χ3n) is 3.27. The Bertz CT molecular complexity index is 689. The van der Waals surface area contributed by atoms with Gasteiger partial charge in [0.1, 0.15) is 0 Å². The highest BCUT2D eigenvalue weighted by Crippen LogP contribution is 2.19. The molecule has 1 N–H and O–H groups in total. The van der Waals surface area contributed by atoms with Crippen molar-refractivity contribution in [1.29, 1.82) is 0 Å². The summed E-state index contributed by atoms with van der Waals surface area (Å²) in [5, 5.41) is 9.01. The van der Waals surface area contributed by atoms with Crippen LogP contribution < -0.4 is 5.69 Å². The van der Waals surface area contributed by atoms with Crippen molar-refractivity contribution >= 4 is 29.0 Å². The Morgan fingerprint density at radius 2 is 2.32 bits per heavy atom. The molecule has 0 bridgehead atoms. The van der Waals surface area contributed by atoms with Gasteiger partial charge in [0.25, 0.3) is 0 Å². The van der Waals surface area contributed by atoms with E-state index in [1.54, 1.807) is 27.9 Å². The van der Waals surface area contributed by atoms with Crippen LogP contribution in [0.2, 0.25) is 0 Å². The van der Waals surface area contributed by atoms with Gasteiger partial charge in [-0.05, 0) is 30.4 Å². The zero-order valence-corrected chi connectivity index (χ0v) is 14.6. The summed E-state index contributed by atoms with van der Waals surface area (Å²) >= 11 is 2.95. The van der Waals surface area contributed by atoms with Crippen molar-refractivity contribution in [3.05, 3.63) is 32.4 Å². The molecule has 0 saturated heterocycles. The number of hydrogen-bond acceptors (Lipinski definition) is 5. The number of thioether (sulfide) groups is 1. The number of nitrogens with zero attached hydrogens (tertiary/aromatic N) is 3. The van der Waals surface area contributed by atoms with E-state index in [9.17, 15) is 9.59 Å². The number of carbonyl (C=O) groups excluding carboxylic acids is 1. The van der Waals surface area contributed by atoms with E-state index in [-0.39, 0.29) is 17.3 Å². The van der Waals surface area contributed by atoms with Crippen molar-refractivity contribution in [3.8, 4) is 0 Å². The second-order valence-corrected chi connectivity index (χ2v) is 6.97. The van der Waals surface area contributed by atoms with Crippen LogP contribution in [0.4, 0.5) is 0 Å². The van der Waals surface area contributed by atoms with E-state index >= 15 is 0 Å². The zero-order valence-electron chi connectivity index (χ0n) is 13.0. The van der Waals surface area contributed by atoms with Gasteiger partial charge in [0.15, 0.2) is 5.16 Å². The normalized spacial score (nSPS) is 10.9. The maximum absolute atomic E-state index is 12.2. The number of H-pyrrole nitrogens is 1. The highest BCUT2D eigenvalue weighted by molar-refractivity contribution is 7.99. The van der Waals surface area contributed by atoms with Crippen LogP contribution in [-0.4, -0.2) is 38.4 Å². The average molecular weight is 340 g/mol. The van der Waals surface area contributed by atoms with Gasteiger partial charge in [0, 0.05) is 18.5 Å². The summed E-state index contributed by atoms with van der Waals surface area (Å²) in [5.41, 5.74) is 0.987. The van der Waals surface area contributed by atoms with E-state index in [0.717, 1.165) is 6.42 Å². The molecule has 2 aromatic heterocycles. The van der Waals surface area contributed by atoms with Crippen LogP contribution >= 0.6 is 23.1 Å². The molecule has 22 heavy (non-hydrogen) atoms. The summed E-state index contributed by atoms with van der Waals surface area (Å²) in [6.45, 7) is 5.27. The van der Waals surface area contributed by atoms with Gasteiger partial charge in [0.05, 0.1) is 12.3 Å². The summed E-state index contributed by atoms with van der Waals surface area (Å²) in [6, 6.07) is 2.06. The Hall–Kier alpha value is -1.54. The van der Waals surface area contributed by atoms with Gasteiger partial charge < -0.3 is 4.90 Å². The topological polar surface area (TPSA) is 71.0 Å². The maximum atomic E-state index is 12.2. The SMILES string of the molecule is CCCn1c(SCC(=O)N(C)Cc2sccc2C)n[nH]c1=O. The van der Waals surface area contributed by atoms with Crippen LogP contribution in [-0.2, 0) is 17.9 Å². The Morgan fingerprint density at radius 1 is 1.55 bits per heavy atom. The minimum atomic E-state index is -0.223. The van der Waals surface area contributed by atoms with Crippen LogP contribution in [0.5, 0.6) is 0 Å². The molecule has 6 nitrogen and oxygen atoms in total. The summed E-state index contributed by atoms with van der Waals surface area (Å²) < 4.78 is 1.57. The molecule has 0 radical (unpaired) electrons. The number of nitrogens with one attached hydrogen (secondary N) is 1. The standard InChI is InChI=1S/C14H20N4O2S2/c1-4-6-18-13(20)15-16-14(18)22-9-12(19)17(3)8-11-10(2)5-7-21-11/h5,7H,4,6,8-9H2,1-3H3,(H,15,20). The first-order valence-electron chi connectivity index (χ1n) is 7.07. The molecule has 0 spiro atoms. The lowest BCUT2D eigenvalue weighted by atomic mass is 10.3. The van der Waals surface area contributed by atoms with E-state index in [1.165, 1.54) is 22.2 Å². The number of aromatic amines is 1. The molecule has 0 aromatic carbocycles. The molecule has 120 valence electrons. The highest BCUT2D eigenvalue weighted by Gasteiger charge is 2.15. The molecule has 0 aliphatic rings. The predicted octanol–water partition coefficient (Wildman–Crippen LogP) is 2.10. The van der Waals surface area contributed by atoms with Gasteiger partial charge in [-0.2, -0.15) is 0 Å². The molecule has 0 aliphatic carbocycles. The zero-order chi connectivity index (χ0) is 16.1. The van der Waals surface area contributed by atoms with E-state index in [1.807, 2.05) is 19.2 Å². The summed E-state index contributed by atoms with van der Waals surface area (Å²) in [7, 11) is 1.80. The van der Waals surface area contributed by atoms with Gasteiger partial charge in [-0.1, -0.05) is 18.7 Å². The minimum Gasteiger partial charge on any atom is -0.340 e. The van der Waals surface area contributed by atoms with Crippen molar-refractivity contribution in [1.82, 2.24) is 19.7 Å². The van der Waals surface area contributed by atoms with E-state index in [4.69, 9.17) is 0 Å². The number of rotatable bonds is 7. The van der Waals surface area contributed by atoms with Crippen LogP contribution in [0.15, 0.2) is 21.4 Å². The fraction of sp³-hybridized carbons (Fsp3) is 0.500. The lowest BCUT2D eigenvalue weighted by Gasteiger charge is -2.16. The van der Waals surface area contributed by atoms with Crippen LogP contribution in [0.25, 0.3) is 0 Å². The van der Waals surface area contributed by atoms with Gasteiger partial charge in [-0.3, -0.25) is 9.36 Å². The second-order valence-electron chi connectivity index (χ2n) is 5.03. The molecule has 0 atom stereocenters. The lowest BCUT2D eigenvalue weighted by Crippen LogP contribution is -2.28. The Balaban J connectivity index is 1.92. The van der Waals surface area contributed by atoms with E-state index < -0.39 is 0 Å². The largest absolute Gasteiger partial charge is 0.343 e. The predicted molar refractivity (Wildman–Crippen MR) is 89.4 cm³/mol. The molecular weight excluding hydrogens is 320 g/mol. The molecule has 1 amide bonds. The third kappa shape index (κ3) is 4.01. The molecule has 8 heteroatoms. The molecule has 0 fully saturated rings. The molecule has 2 rings (SSSR count). The second kappa shape index (κ2) is 7.64. The van der Waals surface area contributed by atoms with Gasteiger partial charge in [-0.25, -0.2) is 9.89 Å². The van der Waals surface area contributed by atoms with E-state index in [2.05, 4.69) is 16.3 Å². The van der Waals surface area contributed by atoms with Crippen molar-refractivity contribution in [3.63, 3.8) is 0 Å². The lowest BCUT2D eigenvalue weighted by molar-refractivity contribution is -0.127. The smallest absolute Gasteiger partial charge is 0.340 e. The first-order chi connectivity index (χ1) is 10.5. The van der Waals surface area contributed by atoms with Crippen LogP contribution in [0.1, 0.15) is 23.8 Å². The van der Waals surface area contributed by atoms with Crippen molar-refractivity contribution < 1.29 is 4.79 Å². The first kappa shape index (κ1) is 16.8. The quantitative estimate of drug-likeness (QED) is 0.784. The van der Waals surface area contributed by atoms with Gasteiger partial charge in [0.2, 0.25) is 5.91 Å². The van der Waals surface area contributed by atoms with Crippen LogP contribution in [0.3, 0.4) is 0 Å². The Morgan fingerprint density at radius 3 is 2.95 bits per heavy atom. The Kier molecular flexibility index (Phi) is 5.84. The van der Waals surface area contributed by atoms with Gasteiger partial charge in [-0.15, -0.1) is 16.4 Å². The number of amides is 1. The molecule has 0 unspecified atom stereocenters. The summed E-state index contributed by atoms with van der Waals surface area (Å²) in [4.78, 5) is 26.7. The number of thiophene rings is 1. The monoisotopic (exact) mass is 340 g/mol. The maximum Gasteiger partial charge on any atom is 0.343 e. The number of aromatic nitrogens is 3. The first-order valence-corrected chi connectivity index (χ1v) is 8.94. The van der Waals surface area contributed by atoms with Crippen molar-refractivity contribution in [2.75, 3.05) is 12.8 Å². The third-order valence-corrected chi connectivity index (χ3v) is 5.24. The Labute approximate surface area is 137 Å². The molecule has 0 saturated carbocycles. The highest BCUT2D eigenvalue weighted by atomic mass is 32.2. The molecule has 2 heterocycles. The number of hydrogen-bond donors (Lipinski definition) is 1. The number of aryl methyl sites for hydroxylation is 1. The van der Waals surface area contributed by atoms with Crippen molar-refractivity contribution in [2.45, 2.75) is 38.5 Å². The summed E-state index contributed by atoms with van der Waals surface area (Å²) in [5.74, 6) is 0.297. The van der Waals surface area contributed by atoms with Crippen molar-refractivity contribution in [2.24, 2.45) is 0 Å². The van der Waals surface area contributed by atoms with E-state index in [0.29, 0.717) is 18.2 Å². The average Bonchev–Trinajstić information content (AvgIpc) is 3.05. The molecule has 0 aliphatic heterocycles. The molecule has 2 aromatic rings. The summed E-state index contributed by atoms with van der Waals surface area (Å²) in [6.07, 6.45) is 0.846.